The molecule has 1 aliphatic carbocycles. The molecule has 0 radical (unpaired) electrons. The lowest BCUT2D eigenvalue weighted by atomic mass is 9.54. The highest BCUT2D eigenvalue weighted by Gasteiger charge is 2.62. The van der Waals surface area contributed by atoms with E-state index in [2.05, 4.69) is 10.4 Å². The Labute approximate surface area is 159 Å². The summed E-state index contributed by atoms with van der Waals surface area (Å²) in [5.41, 5.74) is 6.76. The third kappa shape index (κ3) is 3.44. The molecule has 7 nitrogen and oxygen atoms in total. The number of carbonyl (C=O) groups is 1. The van der Waals surface area contributed by atoms with E-state index >= 15 is 0 Å². The van der Waals surface area contributed by atoms with E-state index < -0.39 is 11.0 Å². The van der Waals surface area contributed by atoms with Crippen LogP contribution in [0.4, 0.5) is 0 Å². The van der Waals surface area contributed by atoms with E-state index in [0.29, 0.717) is 19.6 Å². The summed E-state index contributed by atoms with van der Waals surface area (Å²) in [5.74, 6) is 0.627. The molecular formula is C20H28N4O3. The van der Waals surface area contributed by atoms with Gasteiger partial charge in [-0.15, -0.1) is 0 Å². The molecule has 1 saturated carbocycles. The van der Waals surface area contributed by atoms with Gasteiger partial charge in [0.2, 0.25) is 5.91 Å². The van der Waals surface area contributed by atoms with E-state index in [1.165, 1.54) is 0 Å². The normalized spacial score (nSPS) is 23.5. The van der Waals surface area contributed by atoms with Crippen LogP contribution < -0.4 is 15.8 Å². The number of benzene rings is 1. The summed E-state index contributed by atoms with van der Waals surface area (Å²) in [6, 6.07) is 9.48. The van der Waals surface area contributed by atoms with E-state index in [0.717, 1.165) is 17.1 Å². The van der Waals surface area contributed by atoms with Gasteiger partial charge in [0, 0.05) is 24.6 Å². The van der Waals surface area contributed by atoms with Gasteiger partial charge in [0.15, 0.2) is 0 Å². The number of carbonyl (C=O) groups excluding carboxylic acids is 1. The van der Waals surface area contributed by atoms with Gasteiger partial charge in [-0.1, -0.05) is 13.8 Å². The zero-order valence-corrected chi connectivity index (χ0v) is 16.4. The quantitative estimate of drug-likeness (QED) is 0.776. The smallest absolute Gasteiger partial charge is 0.241 e. The highest BCUT2D eigenvalue weighted by Crippen LogP contribution is 2.49. The molecule has 2 unspecified atom stereocenters. The number of nitrogens with two attached hydrogens (primary N) is 1. The van der Waals surface area contributed by atoms with Crippen molar-refractivity contribution >= 4 is 5.91 Å². The minimum Gasteiger partial charge on any atom is -0.497 e. The molecule has 27 heavy (non-hydrogen) atoms. The predicted molar refractivity (Wildman–Crippen MR) is 103 cm³/mol. The number of ether oxygens (including phenoxy) is 2. The molecule has 146 valence electrons. The Bertz CT molecular complexity index is 800. The number of hydrogen-bond donors (Lipinski definition) is 2. The maximum Gasteiger partial charge on any atom is 0.241 e. The Kier molecular flexibility index (Phi) is 5.26. The van der Waals surface area contributed by atoms with E-state index in [1.54, 1.807) is 11.8 Å². The van der Waals surface area contributed by atoms with Gasteiger partial charge in [-0.25, -0.2) is 4.68 Å². The van der Waals surface area contributed by atoms with Crippen LogP contribution in [0.1, 0.15) is 32.9 Å². The number of nitrogens with one attached hydrogen (secondary N) is 1. The van der Waals surface area contributed by atoms with Crippen LogP contribution in [0.25, 0.3) is 5.69 Å². The predicted octanol–water partition coefficient (Wildman–Crippen LogP) is 2.03. The molecule has 3 rings (SSSR count). The van der Waals surface area contributed by atoms with Crippen LogP contribution in [0.2, 0.25) is 0 Å². The lowest BCUT2D eigenvalue weighted by molar-refractivity contribution is -0.170. The summed E-state index contributed by atoms with van der Waals surface area (Å²) < 4.78 is 12.6. The first-order valence-electron chi connectivity index (χ1n) is 9.19. The van der Waals surface area contributed by atoms with Crippen molar-refractivity contribution in [3.8, 4) is 11.4 Å². The molecule has 0 saturated heterocycles. The fourth-order valence-corrected chi connectivity index (χ4v) is 3.48. The van der Waals surface area contributed by atoms with Crippen LogP contribution in [0.3, 0.4) is 0 Å². The van der Waals surface area contributed by atoms with Gasteiger partial charge < -0.3 is 20.5 Å². The highest BCUT2D eigenvalue weighted by molar-refractivity contribution is 5.88. The maximum atomic E-state index is 12.7. The summed E-state index contributed by atoms with van der Waals surface area (Å²) in [6.45, 7) is 6.86. The number of hydrogen-bond acceptors (Lipinski definition) is 5. The number of amides is 1. The molecule has 0 aliphatic heterocycles. The third-order valence-corrected chi connectivity index (χ3v) is 5.65. The fraction of sp³-hybridized carbons (Fsp3) is 0.500. The van der Waals surface area contributed by atoms with Gasteiger partial charge in [0.05, 0.1) is 31.1 Å². The second-order valence-electron chi connectivity index (χ2n) is 7.47. The van der Waals surface area contributed by atoms with Gasteiger partial charge >= 0.3 is 0 Å². The number of rotatable bonds is 7. The minimum atomic E-state index is -0.925. The third-order valence-electron chi connectivity index (χ3n) is 5.65. The van der Waals surface area contributed by atoms with Crippen molar-refractivity contribution in [2.75, 3.05) is 13.7 Å². The van der Waals surface area contributed by atoms with Gasteiger partial charge in [-0.2, -0.15) is 5.10 Å². The van der Waals surface area contributed by atoms with Gasteiger partial charge in [0.25, 0.3) is 0 Å². The maximum absolute atomic E-state index is 12.7. The monoisotopic (exact) mass is 372 g/mol. The van der Waals surface area contributed by atoms with E-state index in [-0.39, 0.29) is 12.0 Å². The molecule has 0 bridgehead atoms. The second kappa shape index (κ2) is 7.32. The average Bonchev–Trinajstić information content (AvgIpc) is 3.14. The van der Waals surface area contributed by atoms with E-state index in [4.69, 9.17) is 15.2 Å². The topological polar surface area (TPSA) is 91.4 Å². The lowest BCUT2D eigenvalue weighted by Gasteiger charge is -2.57. The Morgan fingerprint density at radius 1 is 1.33 bits per heavy atom. The van der Waals surface area contributed by atoms with Crippen LogP contribution in [0, 0.1) is 5.41 Å². The Hall–Kier alpha value is -2.38. The zero-order chi connectivity index (χ0) is 19.7. The highest BCUT2D eigenvalue weighted by atomic mass is 16.5. The molecule has 2 aromatic rings. The first-order chi connectivity index (χ1) is 12.8. The van der Waals surface area contributed by atoms with Gasteiger partial charge in [0.1, 0.15) is 11.3 Å². The molecule has 0 spiro atoms. The number of methoxy groups -OCH3 is 1. The molecule has 7 heteroatoms. The molecule has 1 amide bonds. The van der Waals surface area contributed by atoms with Gasteiger partial charge in [-0.05, 0) is 37.3 Å². The molecule has 1 aromatic heterocycles. The van der Waals surface area contributed by atoms with Crippen LogP contribution in [0.5, 0.6) is 5.75 Å². The SMILES string of the molecule is CCOC1CC(N)(C(=O)NCc2ccn(-c3ccc(OC)cc3)n2)C1(C)C. The zero-order valence-electron chi connectivity index (χ0n) is 16.4. The van der Waals surface area contributed by atoms with Crippen molar-refractivity contribution < 1.29 is 14.3 Å². The Morgan fingerprint density at radius 3 is 2.63 bits per heavy atom. The van der Waals surface area contributed by atoms with Crippen LogP contribution >= 0.6 is 0 Å². The Morgan fingerprint density at radius 2 is 2.04 bits per heavy atom. The van der Waals surface area contributed by atoms with Crippen LogP contribution in [0.15, 0.2) is 36.5 Å². The number of aromatic nitrogens is 2. The Balaban J connectivity index is 1.61. The standard InChI is InChI=1S/C20H28N4O3/c1-5-27-17-12-20(21,19(17,2)3)18(25)22-13-14-10-11-24(23-14)15-6-8-16(26-4)9-7-15/h6-11,17H,5,12-13,21H2,1-4H3,(H,22,25). The van der Waals surface area contributed by atoms with E-state index in [9.17, 15) is 4.79 Å². The van der Waals surface area contributed by atoms with Crippen molar-refractivity contribution in [3.63, 3.8) is 0 Å². The fourth-order valence-electron chi connectivity index (χ4n) is 3.48. The summed E-state index contributed by atoms with van der Waals surface area (Å²) in [7, 11) is 1.63. The lowest BCUT2D eigenvalue weighted by Crippen LogP contribution is -2.75. The second-order valence-corrected chi connectivity index (χ2v) is 7.47. The van der Waals surface area contributed by atoms with Gasteiger partial charge in [-0.3, -0.25) is 4.79 Å². The van der Waals surface area contributed by atoms with Crippen molar-refractivity contribution in [1.29, 1.82) is 0 Å². The average molecular weight is 372 g/mol. The summed E-state index contributed by atoms with van der Waals surface area (Å²) in [6.07, 6.45) is 2.40. The van der Waals surface area contributed by atoms with Crippen molar-refractivity contribution in [3.05, 3.63) is 42.2 Å². The molecule has 1 fully saturated rings. The summed E-state index contributed by atoms with van der Waals surface area (Å²) in [4.78, 5) is 12.7. The molecular weight excluding hydrogens is 344 g/mol. The first-order valence-corrected chi connectivity index (χ1v) is 9.19. The number of nitrogens with zero attached hydrogens (tertiary/aromatic N) is 2. The molecule has 1 aromatic carbocycles. The van der Waals surface area contributed by atoms with E-state index in [1.807, 2.05) is 57.3 Å². The minimum absolute atomic E-state index is 0.00697. The summed E-state index contributed by atoms with van der Waals surface area (Å²) in [5, 5.41) is 7.44. The van der Waals surface area contributed by atoms with Crippen LogP contribution in [-0.2, 0) is 16.1 Å². The van der Waals surface area contributed by atoms with Crippen molar-refractivity contribution in [2.24, 2.45) is 11.1 Å². The molecule has 2 atom stereocenters. The molecule has 1 heterocycles. The first kappa shape index (κ1) is 19.4. The molecule has 3 N–H and O–H groups in total. The van der Waals surface area contributed by atoms with Crippen molar-refractivity contribution in [2.45, 2.75) is 45.4 Å². The summed E-state index contributed by atoms with van der Waals surface area (Å²) >= 11 is 0. The largest absolute Gasteiger partial charge is 0.497 e. The van der Waals surface area contributed by atoms with Crippen LogP contribution in [-0.4, -0.2) is 41.0 Å². The molecule has 1 aliphatic rings. The van der Waals surface area contributed by atoms with Crippen molar-refractivity contribution in [1.82, 2.24) is 15.1 Å².